The summed E-state index contributed by atoms with van der Waals surface area (Å²) >= 11 is 0. The second kappa shape index (κ2) is 5.88. The fraction of sp³-hybridized carbons (Fsp3) is 0.0625. The molecule has 7 heteroatoms. The van der Waals surface area contributed by atoms with Crippen molar-refractivity contribution in [2.75, 3.05) is 12.5 Å². The van der Waals surface area contributed by atoms with Gasteiger partial charge in [-0.15, -0.1) is 0 Å². The quantitative estimate of drug-likeness (QED) is 0.802. The Morgan fingerprint density at radius 3 is 2.83 bits per heavy atom. The first-order valence-electron chi connectivity index (χ1n) is 6.71. The first kappa shape index (κ1) is 14.7. The van der Waals surface area contributed by atoms with Gasteiger partial charge in [0.2, 0.25) is 0 Å². The molecule has 2 aromatic carbocycles. The molecule has 0 atom stereocenters. The molecule has 0 bridgehead atoms. The number of hydrogen-bond acceptors (Lipinski definition) is 4. The highest BCUT2D eigenvalue weighted by Crippen LogP contribution is 2.19. The zero-order chi connectivity index (χ0) is 16.4. The largest absolute Gasteiger partial charge is 0.496 e. The molecule has 0 saturated heterocycles. The van der Waals surface area contributed by atoms with Gasteiger partial charge < -0.3 is 4.74 Å². The molecule has 0 aliphatic rings. The number of para-hydroxylation sites is 1. The fourth-order valence-electron chi connectivity index (χ4n) is 2.18. The van der Waals surface area contributed by atoms with Gasteiger partial charge in [0.1, 0.15) is 17.9 Å². The number of nitrogens with one attached hydrogen (secondary N) is 1. The van der Waals surface area contributed by atoms with Gasteiger partial charge in [-0.2, -0.15) is 0 Å². The van der Waals surface area contributed by atoms with Crippen LogP contribution in [0.2, 0.25) is 0 Å². The Kier molecular flexibility index (Phi) is 3.76. The van der Waals surface area contributed by atoms with Crippen LogP contribution in [0.25, 0.3) is 10.9 Å². The number of carbonyl (C=O) groups excluding carboxylic acids is 1. The molecular formula is C16H12FN3O3. The molecular weight excluding hydrogens is 301 g/mol. The van der Waals surface area contributed by atoms with Gasteiger partial charge in [0.05, 0.1) is 23.6 Å². The van der Waals surface area contributed by atoms with E-state index in [1.807, 2.05) is 0 Å². The summed E-state index contributed by atoms with van der Waals surface area (Å²) < 4.78 is 19.3. The number of ether oxygens (including phenoxy) is 1. The van der Waals surface area contributed by atoms with E-state index in [2.05, 4.69) is 10.4 Å². The van der Waals surface area contributed by atoms with Crippen LogP contribution in [0.15, 0.2) is 53.6 Å². The minimum absolute atomic E-state index is 0.0208. The number of amides is 1. The molecule has 0 aliphatic carbocycles. The zero-order valence-corrected chi connectivity index (χ0v) is 12.1. The summed E-state index contributed by atoms with van der Waals surface area (Å²) in [5.74, 6) is -1.06. The van der Waals surface area contributed by atoms with Gasteiger partial charge in [-0.1, -0.05) is 12.1 Å². The fourth-order valence-corrected chi connectivity index (χ4v) is 2.18. The molecule has 23 heavy (non-hydrogen) atoms. The normalized spacial score (nSPS) is 10.5. The molecule has 1 N–H and O–H groups in total. The Labute approximate surface area is 130 Å². The maximum atomic E-state index is 13.4. The molecule has 1 aromatic heterocycles. The molecule has 0 radical (unpaired) electrons. The van der Waals surface area contributed by atoms with E-state index in [-0.39, 0.29) is 11.3 Å². The van der Waals surface area contributed by atoms with E-state index >= 15 is 0 Å². The molecule has 0 saturated carbocycles. The number of carbonyl (C=O) groups is 1. The van der Waals surface area contributed by atoms with Crippen molar-refractivity contribution in [1.29, 1.82) is 0 Å². The minimum Gasteiger partial charge on any atom is -0.496 e. The van der Waals surface area contributed by atoms with Crippen LogP contribution in [0.3, 0.4) is 0 Å². The third-order valence-electron chi connectivity index (χ3n) is 3.29. The van der Waals surface area contributed by atoms with Crippen molar-refractivity contribution >= 4 is 16.8 Å². The van der Waals surface area contributed by atoms with E-state index in [1.54, 1.807) is 24.3 Å². The number of methoxy groups -OCH3 is 1. The van der Waals surface area contributed by atoms with E-state index in [4.69, 9.17) is 4.74 Å². The van der Waals surface area contributed by atoms with Crippen LogP contribution < -0.4 is 15.7 Å². The van der Waals surface area contributed by atoms with E-state index in [1.165, 1.54) is 25.6 Å². The molecule has 0 unspecified atom stereocenters. The van der Waals surface area contributed by atoms with Crippen molar-refractivity contribution in [2.45, 2.75) is 0 Å². The van der Waals surface area contributed by atoms with Gasteiger partial charge in [-0.3, -0.25) is 15.0 Å². The second-order valence-corrected chi connectivity index (χ2v) is 4.72. The zero-order valence-electron chi connectivity index (χ0n) is 12.1. The SMILES string of the molecule is COc1ccc(F)cc1C(=O)Nn1cnc2ccccc2c1=O. The number of fused-ring (bicyclic) bond motifs is 1. The smallest absolute Gasteiger partial charge is 0.280 e. The van der Waals surface area contributed by atoms with Crippen LogP contribution in [0, 0.1) is 5.82 Å². The summed E-state index contributed by atoms with van der Waals surface area (Å²) in [7, 11) is 1.37. The van der Waals surface area contributed by atoms with E-state index in [9.17, 15) is 14.0 Å². The number of hydrogen-bond donors (Lipinski definition) is 1. The molecule has 0 fully saturated rings. The number of halogens is 1. The lowest BCUT2D eigenvalue weighted by atomic mass is 10.2. The molecule has 6 nitrogen and oxygen atoms in total. The first-order valence-corrected chi connectivity index (χ1v) is 6.71. The average Bonchev–Trinajstić information content (AvgIpc) is 2.57. The highest BCUT2D eigenvalue weighted by Gasteiger charge is 2.15. The van der Waals surface area contributed by atoms with Crippen LogP contribution in [-0.4, -0.2) is 22.7 Å². The first-order chi connectivity index (χ1) is 11.1. The van der Waals surface area contributed by atoms with Gasteiger partial charge in [-0.05, 0) is 30.3 Å². The van der Waals surface area contributed by atoms with Crippen LogP contribution in [0.5, 0.6) is 5.75 Å². The van der Waals surface area contributed by atoms with Crippen LogP contribution in [0.1, 0.15) is 10.4 Å². The van der Waals surface area contributed by atoms with Gasteiger partial charge in [-0.25, -0.2) is 14.1 Å². The summed E-state index contributed by atoms with van der Waals surface area (Å²) in [6.07, 6.45) is 1.20. The number of rotatable bonds is 3. The monoisotopic (exact) mass is 313 g/mol. The van der Waals surface area contributed by atoms with Gasteiger partial charge in [0.15, 0.2) is 0 Å². The Balaban J connectivity index is 1.99. The van der Waals surface area contributed by atoms with Crippen molar-refractivity contribution in [3.63, 3.8) is 0 Å². The standard InChI is InChI=1S/C16H12FN3O3/c1-23-14-7-6-10(17)8-12(14)15(21)19-20-9-18-13-5-3-2-4-11(13)16(20)22/h2-9H,1H3,(H,19,21). The summed E-state index contributed by atoms with van der Waals surface area (Å²) in [5, 5.41) is 0.363. The predicted octanol–water partition coefficient (Wildman–Crippen LogP) is 1.93. The van der Waals surface area contributed by atoms with Crippen molar-refractivity contribution in [3.05, 3.63) is 70.5 Å². The van der Waals surface area contributed by atoms with Gasteiger partial charge in [0, 0.05) is 0 Å². The molecule has 1 heterocycles. The highest BCUT2D eigenvalue weighted by molar-refractivity contribution is 6.02. The Hall–Kier alpha value is -3.22. The maximum Gasteiger partial charge on any atom is 0.280 e. The van der Waals surface area contributed by atoms with Crippen molar-refractivity contribution < 1.29 is 13.9 Å². The lowest BCUT2D eigenvalue weighted by Gasteiger charge is -2.11. The Bertz CT molecular complexity index is 953. The van der Waals surface area contributed by atoms with Crippen molar-refractivity contribution in [3.8, 4) is 5.75 Å². The average molecular weight is 313 g/mol. The topological polar surface area (TPSA) is 73.2 Å². The molecule has 3 aromatic rings. The second-order valence-electron chi connectivity index (χ2n) is 4.72. The van der Waals surface area contributed by atoms with E-state index in [0.29, 0.717) is 10.9 Å². The minimum atomic E-state index is -0.680. The number of nitrogens with zero attached hydrogens (tertiary/aromatic N) is 2. The molecule has 0 spiro atoms. The molecule has 116 valence electrons. The summed E-state index contributed by atoms with van der Waals surface area (Å²) in [5.41, 5.74) is 2.44. The van der Waals surface area contributed by atoms with Crippen molar-refractivity contribution in [1.82, 2.24) is 9.66 Å². The van der Waals surface area contributed by atoms with E-state index < -0.39 is 17.3 Å². The highest BCUT2D eigenvalue weighted by atomic mass is 19.1. The van der Waals surface area contributed by atoms with Gasteiger partial charge in [0.25, 0.3) is 11.5 Å². The predicted molar refractivity (Wildman–Crippen MR) is 82.6 cm³/mol. The summed E-state index contributed by atoms with van der Waals surface area (Å²) in [4.78, 5) is 28.7. The van der Waals surface area contributed by atoms with Gasteiger partial charge >= 0.3 is 0 Å². The number of benzene rings is 2. The molecule has 0 aliphatic heterocycles. The lowest BCUT2D eigenvalue weighted by Crippen LogP contribution is -2.33. The summed E-state index contributed by atoms with van der Waals surface area (Å²) in [6.45, 7) is 0. The molecule has 1 amide bonds. The van der Waals surface area contributed by atoms with Crippen LogP contribution in [0.4, 0.5) is 4.39 Å². The van der Waals surface area contributed by atoms with Crippen LogP contribution in [-0.2, 0) is 0 Å². The number of aromatic nitrogens is 2. The third kappa shape index (κ3) is 2.76. The molecule has 3 rings (SSSR count). The van der Waals surface area contributed by atoms with Crippen LogP contribution >= 0.6 is 0 Å². The third-order valence-corrected chi connectivity index (χ3v) is 3.29. The Morgan fingerprint density at radius 2 is 2.04 bits per heavy atom. The lowest BCUT2D eigenvalue weighted by molar-refractivity contribution is 0.100. The Morgan fingerprint density at radius 1 is 1.26 bits per heavy atom. The van der Waals surface area contributed by atoms with Crippen molar-refractivity contribution in [2.24, 2.45) is 0 Å². The maximum absolute atomic E-state index is 13.4. The van der Waals surface area contributed by atoms with E-state index in [0.717, 1.165) is 10.7 Å². The summed E-state index contributed by atoms with van der Waals surface area (Å²) in [6, 6.07) is 10.3.